The molecule has 1 aliphatic rings. The largest absolute Gasteiger partial charge is 0.340 e. The first-order valence-corrected chi connectivity index (χ1v) is 11.2. The van der Waals surface area contributed by atoms with Gasteiger partial charge in [0.25, 0.3) is 0 Å². The second kappa shape index (κ2) is 9.38. The van der Waals surface area contributed by atoms with Crippen LogP contribution in [-0.2, 0) is 17.8 Å². The number of hydrogen-bond donors (Lipinski definition) is 0. The average molecular weight is 445 g/mol. The van der Waals surface area contributed by atoms with E-state index in [4.69, 9.17) is 28.2 Å². The van der Waals surface area contributed by atoms with Crippen molar-refractivity contribution >= 4 is 40.1 Å². The van der Waals surface area contributed by atoms with Crippen LogP contribution in [0, 0.1) is 0 Å². The molecule has 0 radical (unpaired) electrons. The molecule has 0 saturated carbocycles. The highest BCUT2D eigenvalue weighted by Gasteiger charge is 2.21. The summed E-state index contributed by atoms with van der Waals surface area (Å²) in [6.07, 6.45) is 0.978. The predicted octanol–water partition coefficient (Wildman–Crippen LogP) is 4.49. The summed E-state index contributed by atoms with van der Waals surface area (Å²) in [5.41, 5.74) is 2.80. The molecule has 0 unspecified atom stereocenters. The van der Waals surface area contributed by atoms with Crippen molar-refractivity contribution in [1.29, 1.82) is 0 Å². The molecule has 7 heteroatoms. The van der Waals surface area contributed by atoms with Gasteiger partial charge in [-0.25, -0.2) is 4.98 Å². The van der Waals surface area contributed by atoms with Gasteiger partial charge in [-0.3, -0.25) is 4.79 Å². The van der Waals surface area contributed by atoms with Crippen LogP contribution in [0.2, 0.25) is 10.0 Å². The van der Waals surface area contributed by atoms with Gasteiger partial charge < -0.3 is 14.4 Å². The van der Waals surface area contributed by atoms with Gasteiger partial charge in [0.05, 0.1) is 11.0 Å². The third-order valence-electron chi connectivity index (χ3n) is 5.85. The van der Waals surface area contributed by atoms with Gasteiger partial charge in [-0.05, 0) is 36.4 Å². The lowest BCUT2D eigenvalue weighted by atomic mass is 10.1. The van der Waals surface area contributed by atoms with Crippen LogP contribution in [0.4, 0.5) is 0 Å². The standard InChI is InChI=1S/C23H26Cl2N4O/c1-2-27-12-14-28(15-13-27)23(30)10-11-29-21-9-4-3-8-20(21)26-22(29)16-17-18(24)6-5-7-19(17)25/h3-9H,2,10-16H2,1H3. The highest BCUT2D eigenvalue weighted by molar-refractivity contribution is 6.36. The lowest BCUT2D eigenvalue weighted by Gasteiger charge is -2.34. The number of nitrogens with zero attached hydrogens (tertiary/aromatic N) is 4. The van der Waals surface area contributed by atoms with Gasteiger partial charge in [0.2, 0.25) is 5.91 Å². The van der Waals surface area contributed by atoms with Crippen LogP contribution in [-0.4, -0.2) is 58.0 Å². The Balaban J connectivity index is 1.54. The molecule has 1 aromatic heterocycles. The molecule has 30 heavy (non-hydrogen) atoms. The number of amides is 1. The zero-order chi connectivity index (χ0) is 21.1. The monoisotopic (exact) mass is 444 g/mol. The zero-order valence-corrected chi connectivity index (χ0v) is 18.7. The van der Waals surface area contributed by atoms with Crippen LogP contribution in [0.3, 0.4) is 0 Å². The Labute approximate surface area is 187 Å². The molecule has 3 aromatic rings. The third-order valence-corrected chi connectivity index (χ3v) is 6.56. The van der Waals surface area contributed by atoms with Crippen molar-refractivity contribution in [2.24, 2.45) is 0 Å². The topological polar surface area (TPSA) is 41.4 Å². The molecular weight excluding hydrogens is 419 g/mol. The van der Waals surface area contributed by atoms with E-state index in [0.29, 0.717) is 29.4 Å². The molecule has 4 rings (SSSR count). The summed E-state index contributed by atoms with van der Waals surface area (Å²) in [5, 5.41) is 1.26. The summed E-state index contributed by atoms with van der Waals surface area (Å²) in [6.45, 7) is 7.30. The van der Waals surface area contributed by atoms with E-state index in [1.807, 2.05) is 47.4 Å². The van der Waals surface area contributed by atoms with Crippen molar-refractivity contribution in [3.63, 3.8) is 0 Å². The summed E-state index contributed by atoms with van der Waals surface area (Å²) >= 11 is 12.8. The molecular formula is C23H26Cl2N4O. The van der Waals surface area contributed by atoms with Gasteiger partial charge >= 0.3 is 0 Å². The first-order valence-electron chi connectivity index (χ1n) is 10.4. The molecule has 0 atom stereocenters. The Morgan fingerprint density at radius 2 is 1.70 bits per heavy atom. The maximum atomic E-state index is 12.8. The molecule has 1 fully saturated rings. The first-order chi connectivity index (χ1) is 14.6. The normalized spacial score (nSPS) is 15.1. The number of para-hydroxylation sites is 2. The maximum Gasteiger partial charge on any atom is 0.224 e. The van der Waals surface area contributed by atoms with Crippen LogP contribution < -0.4 is 0 Å². The van der Waals surface area contributed by atoms with Crippen molar-refractivity contribution in [2.45, 2.75) is 26.3 Å². The SMILES string of the molecule is CCN1CCN(C(=O)CCn2c(Cc3c(Cl)cccc3Cl)nc3ccccc32)CC1. The summed E-state index contributed by atoms with van der Waals surface area (Å²) < 4.78 is 2.13. The van der Waals surface area contributed by atoms with Crippen LogP contribution in [0.5, 0.6) is 0 Å². The van der Waals surface area contributed by atoms with E-state index in [1.165, 1.54) is 0 Å². The van der Waals surface area contributed by atoms with Crippen molar-refractivity contribution in [2.75, 3.05) is 32.7 Å². The number of imidazole rings is 1. The fraction of sp³-hybridized carbons (Fsp3) is 0.391. The molecule has 158 valence electrons. The van der Waals surface area contributed by atoms with Gasteiger partial charge in [0, 0.05) is 55.6 Å². The molecule has 1 saturated heterocycles. The minimum absolute atomic E-state index is 0.199. The second-order valence-corrected chi connectivity index (χ2v) is 8.42. The summed E-state index contributed by atoms with van der Waals surface area (Å²) in [6, 6.07) is 13.5. The number of fused-ring (bicyclic) bond motifs is 1. The Bertz CT molecular complexity index is 1020. The number of carbonyl (C=O) groups is 1. The van der Waals surface area contributed by atoms with E-state index in [2.05, 4.69) is 16.4 Å². The number of aromatic nitrogens is 2. The molecule has 0 N–H and O–H groups in total. The number of benzene rings is 2. The molecule has 2 aromatic carbocycles. The molecule has 0 aliphatic carbocycles. The fourth-order valence-corrected chi connectivity index (χ4v) is 4.58. The molecule has 2 heterocycles. The van der Waals surface area contributed by atoms with Gasteiger partial charge in [0.1, 0.15) is 5.82 Å². The lowest BCUT2D eigenvalue weighted by molar-refractivity contribution is -0.133. The third kappa shape index (κ3) is 4.48. The van der Waals surface area contributed by atoms with Crippen LogP contribution >= 0.6 is 23.2 Å². The summed E-state index contributed by atoms with van der Waals surface area (Å²) in [7, 11) is 0. The Kier molecular flexibility index (Phi) is 6.61. The number of carbonyl (C=O) groups excluding carboxylic acids is 1. The molecule has 1 aliphatic heterocycles. The summed E-state index contributed by atoms with van der Waals surface area (Å²) in [4.78, 5) is 22.0. The Morgan fingerprint density at radius 3 is 2.40 bits per heavy atom. The van der Waals surface area contributed by atoms with E-state index in [-0.39, 0.29) is 5.91 Å². The van der Waals surface area contributed by atoms with Crippen molar-refractivity contribution in [3.8, 4) is 0 Å². The smallest absolute Gasteiger partial charge is 0.224 e. The molecule has 0 spiro atoms. The molecule has 1 amide bonds. The predicted molar refractivity (Wildman–Crippen MR) is 122 cm³/mol. The average Bonchev–Trinajstić information content (AvgIpc) is 3.12. The zero-order valence-electron chi connectivity index (χ0n) is 17.2. The molecule has 5 nitrogen and oxygen atoms in total. The van der Waals surface area contributed by atoms with Crippen LogP contribution in [0.15, 0.2) is 42.5 Å². The minimum atomic E-state index is 0.199. The fourth-order valence-electron chi connectivity index (χ4n) is 4.05. The minimum Gasteiger partial charge on any atom is -0.340 e. The van der Waals surface area contributed by atoms with E-state index >= 15 is 0 Å². The molecule has 0 bridgehead atoms. The number of halogens is 2. The van der Waals surface area contributed by atoms with Gasteiger partial charge in [-0.2, -0.15) is 0 Å². The first kappa shape index (κ1) is 21.2. The second-order valence-electron chi connectivity index (χ2n) is 7.61. The van der Waals surface area contributed by atoms with Crippen LogP contribution in [0.1, 0.15) is 24.7 Å². The number of aryl methyl sites for hydroxylation is 1. The quantitative estimate of drug-likeness (QED) is 0.562. The van der Waals surface area contributed by atoms with Gasteiger partial charge in [0.15, 0.2) is 0 Å². The number of rotatable bonds is 6. The Hall–Kier alpha value is -2.08. The lowest BCUT2D eigenvalue weighted by Crippen LogP contribution is -2.48. The van der Waals surface area contributed by atoms with E-state index in [9.17, 15) is 4.79 Å². The van der Waals surface area contributed by atoms with Gasteiger partial charge in [-0.15, -0.1) is 0 Å². The Morgan fingerprint density at radius 1 is 1.00 bits per heavy atom. The van der Waals surface area contributed by atoms with E-state index < -0.39 is 0 Å². The van der Waals surface area contributed by atoms with E-state index in [0.717, 1.165) is 55.1 Å². The summed E-state index contributed by atoms with van der Waals surface area (Å²) in [5.74, 6) is 1.07. The highest BCUT2D eigenvalue weighted by Crippen LogP contribution is 2.28. The number of likely N-dealkylation sites (N-methyl/N-ethyl adjacent to an activating group) is 1. The van der Waals surface area contributed by atoms with Crippen LogP contribution in [0.25, 0.3) is 11.0 Å². The van der Waals surface area contributed by atoms with Crippen molar-refractivity contribution < 1.29 is 4.79 Å². The van der Waals surface area contributed by atoms with E-state index in [1.54, 1.807) is 0 Å². The number of hydrogen-bond acceptors (Lipinski definition) is 3. The van der Waals surface area contributed by atoms with Crippen molar-refractivity contribution in [1.82, 2.24) is 19.4 Å². The maximum absolute atomic E-state index is 12.8. The number of piperazine rings is 1. The highest BCUT2D eigenvalue weighted by atomic mass is 35.5. The van der Waals surface area contributed by atoms with Gasteiger partial charge in [-0.1, -0.05) is 48.3 Å². The van der Waals surface area contributed by atoms with Crippen molar-refractivity contribution in [3.05, 3.63) is 63.9 Å².